The number of aliphatic hydroxyl groups excluding tert-OH is 1. The zero-order valence-electron chi connectivity index (χ0n) is 13.5. The fraction of sp³-hybridized carbons (Fsp3) is 0.368. The Bertz CT molecular complexity index is 720. The van der Waals surface area contributed by atoms with Crippen LogP contribution in [0.1, 0.15) is 40.9 Å². The lowest BCUT2D eigenvalue weighted by molar-refractivity contribution is 0.0753. The second-order valence-corrected chi connectivity index (χ2v) is 6.18. The minimum atomic E-state index is -0.322. The molecule has 1 fully saturated rings. The topological polar surface area (TPSA) is 53.4 Å². The minimum Gasteiger partial charge on any atom is -0.393 e. The van der Waals surface area contributed by atoms with E-state index in [0.29, 0.717) is 42.8 Å². The summed E-state index contributed by atoms with van der Waals surface area (Å²) in [7, 11) is 0. The van der Waals surface area contributed by atoms with Gasteiger partial charge in [0.1, 0.15) is 5.82 Å². The average Bonchev–Trinajstić information content (AvgIpc) is 2.81. The first-order valence-corrected chi connectivity index (χ1v) is 8.29. The third-order valence-corrected chi connectivity index (χ3v) is 4.38. The number of nitrogens with zero attached hydrogens (tertiary/aromatic N) is 2. The summed E-state index contributed by atoms with van der Waals surface area (Å²) in [4.78, 5) is 18.7. The molecule has 0 bridgehead atoms. The molecule has 1 aliphatic rings. The molecule has 1 aromatic carbocycles. The van der Waals surface area contributed by atoms with Crippen LogP contribution in [-0.2, 0) is 6.42 Å². The van der Waals surface area contributed by atoms with Gasteiger partial charge in [-0.15, -0.1) is 0 Å². The lowest BCUT2D eigenvalue weighted by Gasteiger charge is -2.20. The maximum absolute atomic E-state index is 13.8. The average molecular weight is 328 g/mol. The van der Waals surface area contributed by atoms with Gasteiger partial charge in [0.2, 0.25) is 0 Å². The molecule has 0 spiro atoms. The Hall–Kier alpha value is -2.27. The highest BCUT2D eigenvalue weighted by atomic mass is 19.1. The van der Waals surface area contributed by atoms with Gasteiger partial charge in [-0.1, -0.05) is 18.2 Å². The minimum absolute atomic E-state index is 0.0544. The molecular formula is C19H21FN2O2. The third kappa shape index (κ3) is 3.97. The molecule has 1 saturated heterocycles. The fourth-order valence-corrected chi connectivity index (χ4v) is 3.01. The van der Waals surface area contributed by atoms with E-state index in [-0.39, 0.29) is 17.8 Å². The van der Waals surface area contributed by atoms with Gasteiger partial charge in [0.25, 0.3) is 5.91 Å². The molecule has 1 aromatic heterocycles. The van der Waals surface area contributed by atoms with Gasteiger partial charge in [-0.25, -0.2) is 4.39 Å². The highest BCUT2D eigenvalue weighted by Gasteiger charge is 2.20. The van der Waals surface area contributed by atoms with E-state index in [4.69, 9.17) is 0 Å². The molecule has 5 heteroatoms. The first-order chi connectivity index (χ1) is 11.6. The Labute approximate surface area is 141 Å². The van der Waals surface area contributed by atoms with Gasteiger partial charge in [-0.2, -0.15) is 0 Å². The Morgan fingerprint density at radius 3 is 2.92 bits per heavy atom. The Morgan fingerprint density at radius 1 is 1.25 bits per heavy atom. The predicted molar refractivity (Wildman–Crippen MR) is 89.2 cm³/mol. The van der Waals surface area contributed by atoms with Crippen LogP contribution < -0.4 is 0 Å². The number of aromatic nitrogens is 1. The SMILES string of the molecule is O=C(c1ccnc(Cc2ccccc2F)c1)N1CCCC(O)CC1. The molecule has 1 N–H and O–H groups in total. The van der Waals surface area contributed by atoms with Crippen molar-refractivity contribution < 1.29 is 14.3 Å². The Balaban J connectivity index is 1.75. The maximum atomic E-state index is 13.8. The van der Waals surface area contributed by atoms with Gasteiger partial charge < -0.3 is 10.0 Å². The maximum Gasteiger partial charge on any atom is 0.253 e. The van der Waals surface area contributed by atoms with Crippen molar-refractivity contribution in [3.63, 3.8) is 0 Å². The second-order valence-electron chi connectivity index (χ2n) is 6.18. The van der Waals surface area contributed by atoms with Gasteiger partial charge in [0.15, 0.2) is 0 Å². The highest BCUT2D eigenvalue weighted by Crippen LogP contribution is 2.16. The summed E-state index contributed by atoms with van der Waals surface area (Å²) >= 11 is 0. The van der Waals surface area contributed by atoms with Crippen molar-refractivity contribution in [2.24, 2.45) is 0 Å². The number of carbonyl (C=O) groups excluding carboxylic acids is 1. The van der Waals surface area contributed by atoms with E-state index in [0.717, 1.165) is 12.8 Å². The van der Waals surface area contributed by atoms with Crippen molar-refractivity contribution in [1.82, 2.24) is 9.88 Å². The Morgan fingerprint density at radius 2 is 2.08 bits per heavy atom. The summed E-state index contributed by atoms with van der Waals surface area (Å²) in [5, 5.41) is 9.71. The fourth-order valence-electron chi connectivity index (χ4n) is 3.01. The number of likely N-dealkylation sites (tertiary alicyclic amines) is 1. The Kier molecular flexibility index (Phi) is 5.20. The van der Waals surface area contributed by atoms with Crippen molar-refractivity contribution in [3.05, 3.63) is 65.2 Å². The molecule has 4 nitrogen and oxygen atoms in total. The quantitative estimate of drug-likeness (QED) is 0.943. The van der Waals surface area contributed by atoms with E-state index in [2.05, 4.69) is 4.98 Å². The molecule has 2 heterocycles. The summed E-state index contributed by atoms with van der Waals surface area (Å²) < 4.78 is 13.8. The van der Waals surface area contributed by atoms with Crippen molar-refractivity contribution in [3.8, 4) is 0 Å². The highest BCUT2D eigenvalue weighted by molar-refractivity contribution is 5.94. The monoisotopic (exact) mass is 328 g/mol. The first-order valence-electron chi connectivity index (χ1n) is 8.29. The summed E-state index contributed by atoms with van der Waals surface area (Å²) in [5.41, 5.74) is 1.79. The molecule has 3 rings (SSSR count). The first kappa shape index (κ1) is 16.6. The molecule has 126 valence electrons. The molecule has 1 atom stereocenters. The number of benzene rings is 1. The molecule has 2 aromatic rings. The number of hydrogen-bond acceptors (Lipinski definition) is 3. The third-order valence-electron chi connectivity index (χ3n) is 4.38. The lowest BCUT2D eigenvalue weighted by atomic mass is 10.1. The predicted octanol–water partition coefficient (Wildman–Crippen LogP) is 2.80. The number of carbonyl (C=O) groups is 1. The van der Waals surface area contributed by atoms with Crippen LogP contribution in [0.3, 0.4) is 0 Å². The van der Waals surface area contributed by atoms with E-state index in [1.165, 1.54) is 6.07 Å². The number of aliphatic hydroxyl groups is 1. The second kappa shape index (κ2) is 7.53. The molecule has 1 aliphatic heterocycles. The van der Waals surface area contributed by atoms with Crippen LogP contribution in [-0.4, -0.2) is 40.1 Å². The number of halogens is 1. The van der Waals surface area contributed by atoms with Gasteiger partial charge >= 0.3 is 0 Å². The van der Waals surface area contributed by atoms with Crippen LogP contribution >= 0.6 is 0 Å². The summed E-state index contributed by atoms with van der Waals surface area (Å²) in [5.74, 6) is -0.321. The number of hydrogen-bond donors (Lipinski definition) is 1. The molecule has 0 aliphatic carbocycles. The molecule has 0 saturated carbocycles. The van der Waals surface area contributed by atoms with Crippen LogP contribution in [0.15, 0.2) is 42.6 Å². The zero-order chi connectivity index (χ0) is 16.9. The number of pyridine rings is 1. The molecule has 24 heavy (non-hydrogen) atoms. The zero-order valence-corrected chi connectivity index (χ0v) is 13.5. The summed E-state index contributed by atoms with van der Waals surface area (Å²) in [6, 6.07) is 10.0. The van der Waals surface area contributed by atoms with Gasteiger partial charge in [-0.3, -0.25) is 9.78 Å². The van der Waals surface area contributed by atoms with Gasteiger partial charge in [0.05, 0.1) is 6.10 Å². The van der Waals surface area contributed by atoms with E-state index < -0.39 is 0 Å². The number of amides is 1. The van der Waals surface area contributed by atoms with Crippen LogP contribution in [0.25, 0.3) is 0 Å². The van der Waals surface area contributed by atoms with Gasteiger partial charge in [-0.05, 0) is 43.0 Å². The van der Waals surface area contributed by atoms with Crippen LogP contribution in [0.5, 0.6) is 0 Å². The molecule has 1 unspecified atom stereocenters. The van der Waals surface area contributed by atoms with E-state index in [1.54, 1.807) is 41.4 Å². The molecular weight excluding hydrogens is 307 g/mol. The van der Waals surface area contributed by atoms with E-state index in [9.17, 15) is 14.3 Å². The van der Waals surface area contributed by atoms with Crippen LogP contribution in [0, 0.1) is 5.82 Å². The normalized spacial score (nSPS) is 18.2. The summed E-state index contributed by atoms with van der Waals surface area (Å²) in [6.45, 7) is 1.21. The molecule has 1 amide bonds. The largest absolute Gasteiger partial charge is 0.393 e. The lowest BCUT2D eigenvalue weighted by Crippen LogP contribution is -2.32. The standard InChI is InChI=1S/C19H21FN2O2/c20-18-6-2-1-4-14(18)12-16-13-15(7-9-21-16)19(24)22-10-3-5-17(23)8-11-22/h1-2,4,6-7,9,13,17,23H,3,5,8,10-12H2. The smallest absolute Gasteiger partial charge is 0.253 e. The number of rotatable bonds is 3. The van der Waals surface area contributed by atoms with Crippen molar-refractivity contribution >= 4 is 5.91 Å². The van der Waals surface area contributed by atoms with Crippen molar-refractivity contribution in [2.45, 2.75) is 31.8 Å². The summed E-state index contributed by atoms with van der Waals surface area (Å²) in [6.07, 6.45) is 3.78. The van der Waals surface area contributed by atoms with E-state index >= 15 is 0 Å². The van der Waals surface area contributed by atoms with E-state index in [1.807, 2.05) is 0 Å². The van der Waals surface area contributed by atoms with Gasteiger partial charge in [0, 0.05) is 37.0 Å². The van der Waals surface area contributed by atoms with Crippen LogP contribution in [0.4, 0.5) is 4.39 Å². The van der Waals surface area contributed by atoms with Crippen LogP contribution in [0.2, 0.25) is 0 Å². The van der Waals surface area contributed by atoms with Crippen molar-refractivity contribution in [2.75, 3.05) is 13.1 Å². The van der Waals surface area contributed by atoms with Crippen molar-refractivity contribution in [1.29, 1.82) is 0 Å². The molecule has 0 radical (unpaired) electrons.